The number of carbonyl (C=O) groups is 1. The minimum absolute atomic E-state index is 0.203. The zero-order valence-electron chi connectivity index (χ0n) is 14.2. The van der Waals surface area contributed by atoms with E-state index in [0.29, 0.717) is 24.5 Å². The zero-order chi connectivity index (χ0) is 17.2. The molecule has 0 radical (unpaired) electrons. The average Bonchev–Trinajstić information content (AvgIpc) is 2.62. The van der Waals surface area contributed by atoms with Crippen LogP contribution in [-0.4, -0.2) is 25.5 Å². The van der Waals surface area contributed by atoms with Crippen LogP contribution in [0.15, 0.2) is 24.3 Å². The summed E-state index contributed by atoms with van der Waals surface area (Å²) in [6, 6.07) is 8.48. The van der Waals surface area contributed by atoms with Gasteiger partial charge in [-0.25, -0.2) is 0 Å². The van der Waals surface area contributed by atoms with Crippen molar-refractivity contribution >= 4 is 5.97 Å². The van der Waals surface area contributed by atoms with Gasteiger partial charge in [-0.1, -0.05) is 32.6 Å². The smallest absolute Gasteiger partial charge is 0.319 e. The molecule has 130 valence electrons. The predicted molar refractivity (Wildman–Crippen MR) is 89.4 cm³/mol. The summed E-state index contributed by atoms with van der Waals surface area (Å²) in [5.74, 6) is -0.338. The summed E-state index contributed by atoms with van der Waals surface area (Å²) in [4.78, 5) is 12.1. The fraction of sp³-hybridized carbons (Fsp3) is 0.579. The molecule has 0 aliphatic carbocycles. The molecule has 0 unspecified atom stereocenters. The van der Waals surface area contributed by atoms with Crippen molar-refractivity contribution in [2.75, 3.05) is 13.2 Å². The second kappa shape index (κ2) is 10.1. The van der Waals surface area contributed by atoms with Gasteiger partial charge in [0.2, 0.25) is 0 Å². The molecule has 24 heavy (non-hydrogen) atoms. The molecule has 1 fully saturated rings. The topological polar surface area (TPSA) is 68.5 Å². The number of nitriles is 1. The van der Waals surface area contributed by atoms with Crippen molar-refractivity contribution in [3.05, 3.63) is 29.8 Å². The molecule has 1 aromatic carbocycles. The number of hydrogen-bond donors (Lipinski definition) is 0. The molecular weight excluding hydrogens is 306 g/mol. The lowest BCUT2D eigenvalue weighted by Crippen LogP contribution is -2.38. The number of unbranched alkanes of at least 4 members (excludes halogenated alkanes) is 4. The molecule has 0 aromatic heterocycles. The summed E-state index contributed by atoms with van der Waals surface area (Å²) < 4.78 is 16.6. The summed E-state index contributed by atoms with van der Waals surface area (Å²) in [6.07, 6.45) is 6.72. The van der Waals surface area contributed by atoms with E-state index in [1.165, 1.54) is 25.7 Å². The second-order valence-corrected chi connectivity index (χ2v) is 6.05. The number of benzene rings is 1. The average molecular weight is 331 g/mol. The van der Waals surface area contributed by atoms with Crippen LogP contribution in [0.1, 0.15) is 51.0 Å². The fourth-order valence-electron chi connectivity index (χ4n) is 2.56. The molecule has 1 aliphatic heterocycles. The van der Waals surface area contributed by atoms with Gasteiger partial charge in [-0.3, -0.25) is 4.79 Å². The number of rotatable bonds is 8. The Kier molecular flexibility index (Phi) is 7.73. The highest BCUT2D eigenvalue weighted by Gasteiger charge is 2.28. The zero-order valence-corrected chi connectivity index (χ0v) is 14.2. The molecule has 0 N–H and O–H groups in total. The highest BCUT2D eigenvalue weighted by Crippen LogP contribution is 2.20. The third-order valence-electron chi connectivity index (χ3n) is 4.05. The van der Waals surface area contributed by atoms with Gasteiger partial charge in [-0.2, -0.15) is 5.26 Å². The molecule has 5 nitrogen and oxygen atoms in total. The maximum absolute atomic E-state index is 12.1. The Hall–Kier alpha value is -1.90. The lowest BCUT2D eigenvalue weighted by Gasteiger charge is -2.28. The van der Waals surface area contributed by atoms with Crippen LogP contribution < -0.4 is 4.74 Å². The maximum Gasteiger partial charge on any atom is 0.319 e. The van der Waals surface area contributed by atoms with Crippen molar-refractivity contribution in [1.82, 2.24) is 0 Å². The highest BCUT2D eigenvalue weighted by atomic mass is 16.7. The SMILES string of the molecule is CCCCCCCC1OCC(C(=O)Oc2ccc(C#N)cc2)CO1. The first-order valence-electron chi connectivity index (χ1n) is 8.68. The normalized spacial score (nSPS) is 20.3. The second-order valence-electron chi connectivity index (χ2n) is 6.05. The van der Waals surface area contributed by atoms with Gasteiger partial charge in [-0.15, -0.1) is 0 Å². The number of hydrogen-bond acceptors (Lipinski definition) is 5. The van der Waals surface area contributed by atoms with Crippen LogP contribution in [0.3, 0.4) is 0 Å². The molecule has 0 bridgehead atoms. The Morgan fingerprint density at radius 3 is 2.46 bits per heavy atom. The van der Waals surface area contributed by atoms with E-state index < -0.39 is 5.92 Å². The fourth-order valence-corrected chi connectivity index (χ4v) is 2.56. The Bertz CT molecular complexity index is 541. The number of esters is 1. The molecular formula is C19H25NO4. The lowest BCUT2D eigenvalue weighted by molar-refractivity contribution is -0.208. The maximum atomic E-state index is 12.1. The van der Waals surface area contributed by atoms with Crippen LogP contribution in [0, 0.1) is 17.2 Å². The monoisotopic (exact) mass is 331 g/mol. The third-order valence-corrected chi connectivity index (χ3v) is 4.05. The quantitative estimate of drug-likeness (QED) is 0.411. The van der Waals surface area contributed by atoms with E-state index in [1.54, 1.807) is 24.3 Å². The van der Waals surface area contributed by atoms with Crippen molar-refractivity contribution in [1.29, 1.82) is 5.26 Å². The van der Waals surface area contributed by atoms with Crippen LogP contribution in [0.4, 0.5) is 0 Å². The van der Waals surface area contributed by atoms with Crippen molar-refractivity contribution < 1.29 is 19.0 Å². The van der Waals surface area contributed by atoms with Gasteiger partial charge in [0, 0.05) is 0 Å². The number of carbonyl (C=O) groups excluding carboxylic acids is 1. The number of nitrogens with zero attached hydrogens (tertiary/aromatic N) is 1. The van der Waals surface area contributed by atoms with Crippen LogP contribution in [0.5, 0.6) is 5.75 Å². The summed E-state index contributed by atoms with van der Waals surface area (Å²) in [7, 11) is 0. The highest BCUT2D eigenvalue weighted by molar-refractivity contribution is 5.75. The van der Waals surface area contributed by atoms with E-state index in [-0.39, 0.29) is 12.3 Å². The number of ether oxygens (including phenoxy) is 3. The van der Waals surface area contributed by atoms with Gasteiger partial charge in [0.25, 0.3) is 0 Å². The van der Waals surface area contributed by atoms with Crippen LogP contribution >= 0.6 is 0 Å². The van der Waals surface area contributed by atoms with Crippen molar-refractivity contribution in [2.45, 2.75) is 51.7 Å². The van der Waals surface area contributed by atoms with Crippen molar-refractivity contribution in [3.8, 4) is 11.8 Å². The Balaban J connectivity index is 1.67. The predicted octanol–water partition coefficient (Wildman–Crippen LogP) is 3.81. The van der Waals surface area contributed by atoms with Crippen molar-refractivity contribution in [3.63, 3.8) is 0 Å². The first kappa shape index (κ1) is 18.4. The van der Waals surface area contributed by atoms with Gasteiger partial charge in [0.1, 0.15) is 11.7 Å². The van der Waals surface area contributed by atoms with Crippen LogP contribution in [-0.2, 0) is 14.3 Å². The molecule has 0 spiro atoms. The lowest BCUT2D eigenvalue weighted by atomic mass is 10.1. The largest absolute Gasteiger partial charge is 0.426 e. The molecule has 0 atom stereocenters. The molecule has 1 aliphatic rings. The minimum Gasteiger partial charge on any atom is -0.426 e. The first-order chi connectivity index (χ1) is 11.7. The van der Waals surface area contributed by atoms with E-state index in [1.807, 2.05) is 6.07 Å². The van der Waals surface area contributed by atoms with E-state index in [4.69, 9.17) is 19.5 Å². The van der Waals surface area contributed by atoms with Gasteiger partial charge in [0.05, 0.1) is 24.8 Å². The van der Waals surface area contributed by atoms with E-state index >= 15 is 0 Å². The van der Waals surface area contributed by atoms with Gasteiger partial charge in [-0.05, 0) is 37.1 Å². The standard InChI is InChI=1S/C19H25NO4/c1-2-3-4-5-6-7-18-22-13-16(14-23-18)19(21)24-17-10-8-15(12-20)9-11-17/h8-11,16,18H,2-7,13-14H2,1H3. The van der Waals surface area contributed by atoms with Gasteiger partial charge >= 0.3 is 5.97 Å². The molecule has 5 heteroatoms. The molecule has 1 heterocycles. The molecule has 2 rings (SSSR count). The van der Waals surface area contributed by atoms with E-state index in [2.05, 4.69) is 6.92 Å². The molecule has 0 amide bonds. The van der Waals surface area contributed by atoms with Gasteiger partial charge in [0.15, 0.2) is 6.29 Å². The van der Waals surface area contributed by atoms with E-state index in [9.17, 15) is 4.79 Å². The van der Waals surface area contributed by atoms with E-state index in [0.717, 1.165) is 12.8 Å². The molecule has 1 saturated heterocycles. The van der Waals surface area contributed by atoms with Crippen LogP contribution in [0.25, 0.3) is 0 Å². The van der Waals surface area contributed by atoms with Crippen molar-refractivity contribution in [2.24, 2.45) is 5.92 Å². The molecule has 0 saturated carbocycles. The summed E-state index contributed by atoms with van der Waals surface area (Å²) >= 11 is 0. The van der Waals surface area contributed by atoms with Gasteiger partial charge < -0.3 is 14.2 Å². The summed E-state index contributed by atoms with van der Waals surface area (Å²) in [5.41, 5.74) is 0.529. The Morgan fingerprint density at radius 2 is 1.83 bits per heavy atom. The first-order valence-corrected chi connectivity index (χ1v) is 8.68. The Labute approximate surface area is 143 Å². The van der Waals surface area contributed by atoms with Crippen LogP contribution in [0.2, 0.25) is 0 Å². The Morgan fingerprint density at radius 1 is 1.17 bits per heavy atom. The summed E-state index contributed by atoms with van der Waals surface area (Å²) in [6.45, 7) is 2.86. The minimum atomic E-state index is -0.406. The molecule has 1 aromatic rings. The summed E-state index contributed by atoms with van der Waals surface area (Å²) in [5, 5.41) is 8.75. The third kappa shape index (κ3) is 5.95.